The summed E-state index contributed by atoms with van der Waals surface area (Å²) in [5, 5.41) is 1.25. The first-order valence-electron chi connectivity index (χ1n) is 24.7. The summed E-state index contributed by atoms with van der Waals surface area (Å²) in [7, 11) is 0. The van der Waals surface area contributed by atoms with Gasteiger partial charge in [-0.15, -0.1) is 0 Å². The largest absolute Gasteiger partial charge is 0.468 e. The van der Waals surface area contributed by atoms with Crippen LogP contribution in [0.5, 0.6) is 0 Å². The normalized spacial score (nSPS) is 24.8. The SMILES string of the molecule is Cc1cc2c3c(c1)N(c1ccc(C(C)(C)C)cc1)c1c(oc4cc5c(cc14)C1(C)CCC5(C)C1)B3c1cc3c(cc1N2c1ccc2c(c1)C(C)(C)CCC2(C)C)C(C)(C)CCC3(C)C. The predicted molar refractivity (Wildman–Crippen MR) is 273 cm³/mol. The molecule has 3 nitrogen and oxygen atoms in total. The fourth-order valence-corrected chi connectivity index (χ4v) is 14.1. The minimum absolute atomic E-state index is 0.0529. The maximum Gasteiger partial charge on any atom is 0.297 e. The van der Waals surface area contributed by atoms with Gasteiger partial charge in [0.1, 0.15) is 5.58 Å². The van der Waals surface area contributed by atoms with E-state index in [0.29, 0.717) is 0 Å². The Morgan fingerprint density at radius 1 is 0.516 bits per heavy atom. The molecule has 6 aromatic rings. The smallest absolute Gasteiger partial charge is 0.297 e. The van der Waals surface area contributed by atoms with E-state index >= 15 is 0 Å². The molecule has 2 bridgehead atoms. The topological polar surface area (TPSA) is 19.6 Å². The number of fused-ring (bicyclic) bond motifs is 13. The van der Waals surface area contributed by atoms with Crippen LogP contribution in [0, 0.1) is 6.92 Å². The summed E-state index contributed by atoms with van der Waals surface area (Å²) in [5.74, 6) is 0. The minimum Gasteiger partial charge on any atom is -0.468 e. The van der Waals surface area contributed by atoms with Crippen LogP contribution in [0.4, 0.5) is 34.1 Å². The third kappa shape index (κ3) is 5.41. The molecule has 1 aromatic heterocycles. The Morgan fingerprint density at radius 3 is 1.66 bits per heavy atom. The van der Waals surface area contributed by atoms with Gasteiger partial charge in [-0.2, -0.15) is 0 Å². The zero-order chi connectivity index (χ0) is 45.1. The number of hydrogen-bond donors (Lipinski definition) is 0. The summed E-state index contributed by atoms with van der Waals surface area (Å²) in [5.41, 5.74) is 24.8. The molecule has 4 aliphatic carbocycles. The molecule has 0 amide bonds. The summed E-state index contributed by atoms with van der Waals surface area (Å²) in [6.07, 6.45) is 8.48. The first-order chi connectivity index (χ1) is 29.9. The van der Waals surface area contributed by atoms with Gasteiger partial charge in [0.2, 0.25) is 0 Å². The van der Waals surface area contributed by atoms with Gasteiger partial charge in [0.15, 0.2) is 0 Å². The van der Waals surface area contributed by atoms with Crippen LogP contribution in [0.2, 0.25) is 0 Å². The predicted octanol–water partition coefficient (Wildman–Crippen LogP) is 14.5. The highest BCUT2D eigenvalue weighted by molar-refractivity contribution is 7.00. The van der Waals surface area contributed by atoms with E-state index in [0.717, 1.165) is 11.2 Å². The second-order valence-electron chi connectivity index (χ2n) is 25.8. The molecule has 1 saturated carbocycles. The van der Waals surface area contributed by atoms with Crippen molar-refractivity contribution in [1.82, 2.24) is 0 Å². The van der Waals surface area contributed by atoms with Crippen LogP contribution in [-0.4, -0.2) is 6.71 Å². The van der Waals surface area contributed by atoms with Gasteiger partial charge in [-0.1, -0.05) is 114 Å². The van der Waals surface area contributed by atoms with Crippen molar-refractivity contribution in [2.24, 2.45) is 0 Å². The van der Waals surface area contributed by atoms with E-state index in [-0.39, 0.29) is 44.6 Å². The Balaban J connectivity index is 1.19. The van der Waals surface area contributed by atoms with Gasteiger partial charge in [0.05, 0.1) is 11.3 Å². The zero-order valence-electron chi connectivity index (χ0n) is 41.3. The Hall–Kier alpha value is -4.70. The van der Waals surface area contributed by atoms with Crippen LogP contribution in [0.25, 0.3) is 11.0 Å². The van der Waals surface area contributed by atoms with Crippen molar-refractivity contribution in [3.05, 3.63) is 123 Å². The molecule has 0 saturated heterocycles. The zero-order valence-corrected chi connectivity index (χ0v) is 41.3. The van der Waals surface area contributed by atoms with E-state index in [2.05, 4.69) is 186 Å². The molecule has 2 unspecified atom stereocenters. The Labute approximate surface area is 384 Å². The molecule has 328 valence electrons. The molecule has 6 aliphatic rings. The highest BCUT2D eigenvalue weighted by atomic mass is 16.3. The highest BCUT2D eigenvalue weighted by Crippen LogP contribution is 2.62. The van der Waals surface area contributed by atoms with Gasteiger partial charge >= 0.3 is 0 Å². The van der Waals surface area contributed by atoms with Crippen molar-refractivity contribution >= 4 is 68.4 Å². The minimum atomic E-state index is -0.0683. The van der Waals surface area contributed by atoms with E-state index in [1.54, 1.807) is 5.56 Å². The van der Waals surface area contributed by atoms with Crippen molar-refractivity contribution in [3.8, 4) is 0 Å². The van der Waals surface area contributed by atoms with E-state index in [1.165, 1.54) is 134 Å². The molecule has 5 aromatic carbocycles. The summed E-state index contributed by atoms with van der Waals surface area (Å²) < 4.78 is 7.61. The number of aryl methyl sites for hydroxylation is 1. The molecule has 0 radical (unpaired) electrons. The average Bonchev–Trinajstić information content (AvgIpc) is 3.83. The summed E-state index contributed by atoms with van der Waals surface area (Å²) in [6, 6.07) is 32.3. The molecule has 2 aliphatic heterocycles. The lowest BCUT2D eigenvalue weighted by molar-refractivity contribution is 0.332. The first kappa shape index (κ1) is 40.8. The standard InChI is InChI=1S/C60H69BN2O/c1-35-27-48-51-49(28-35)63(37-17-15-36(16-18-37)54(2,3)4)52-39-30-44-45(60(14)26-25-59(44,13)34-60)33-50(39)64-53(52)61(51)46-31-42-43(58(11,12)24-23-57(42,9)10)32-47(46)62(48)38-19-20-40-41(29-38)56(7,8)22-21-55(40,5)6/h15-20,27-33H,21-26,34H2,1-14H3. The summed E-state index contributed by atoms with van der Waals surface area (Å²) in [4.78, 5) is 5.28. The van der Waals surface area contributed by atoms with Crippen LogP contribution in [0.1, 0.15) is 179 Å². The van der Waals surface area contributed by atoms with Crippen molar-refractivity contribution in [1.29, 1.82) is 0 Å². The monoisotopic (exact) mass is 845 g/mol. The van der Waals surface area contributed by atoms with Crippen molar-refractivity contribution < 1.29 is 4.42 Å². The fraction of sp³-hybridized carbons (Fsp3) is 0.467. The average molecular weight is 845 g/mol. The molecule has 1 fully saturated rings. The third-order valence-corrected chi connectivity index (χ3v) is 18.3. The van der Waals surface area contributed by atoms with Gasteiger partial charge in [-0.3, -0.25) is 0 Å². The first-order valence-corrected chi connectivity index (χ1v) is 24.7. The third-order valence-electron chi connectivity index (χ3n) is 18.3. The second kappa shape index (κ2) is 12.4. The van der Waals surface area contributed by atoms with Crippen LogP contribution >= 0.6 is 0 Å². The van der Waals surface area contributed by atoms with Crippen molar-refractivity contribution in [2.75, 3.05) is 9.80 Å². The quantitative estimate of drug-likeness (QED) is 0.162. The van der Waals surface area contributed by atoms with Crippen LogP contribution in [0.15, 0.2) is 83.3 Å². The number of anilines is 6. The van der Waals surface area contributed by atoms with Crippen molar-refractivity contribution in [2.45, 2.75) is 180 Å². The molecular formula is C60H69BN2O. The van der Waals surface area contributed by atoms with Gasteiger partial charge < -0.3 is 14.2 Å². The summed E-state index contributed by atoms with van der Waals surface area (Å²) >= 11 is 0. The lowest BCUT2D eigenvalue weighted by Gasteiger charge is -2.47. The van der Waals surface area contributed by atoms with Crippen LogP contribution in [0.3, 0.4) is 0 Å². The van der Waals surface area contributed by atoms with E-state index in [1.807, 2.05) is 0 Å². The van der Waals surface area contributed by atoms with Crippen LogP contribution < -0.4 is 26.4 Å². The van der Waals surface area contributed by atoms with E-state index < -0.39 is 0 Å². The van der Waals surface area contributed by atoms with E-state index in [9.17, 15) is 0 Å². The number of hydrogen-bond acceptors (Lipinski definition) is 3. The molecule has 4 heteroatoms. The number of nitrogens with zero attached hydrogens (tertiary/aromatic N) is 2. The van der Waals surface area contributed by atoms with Gasteiger partial charge in [0.25, 0.3) is 6.71 Å². The molecule has 3 heterocycles. The number of furan rings is 1. The molecule has 12 rings (SSSR count). The van der Waals surface area contributed by atoms with Gasteiger partial charge in [-0.05, 0) is 200 Å². The molecule has 0 spiro atoms. The van der Waals surface area contributed by atoms with Crippen molar-refractivity contribution in [3.63, 3.8) is 0 Å². The van der Waals surface area contributed by atoms with Gasteiger partial charge in [-0.25, -0.2) is 0 Å². The second-order valence-corrected chi connectivity index (χ2v) is 25.8. The lowest BCUT2D eigenvalue weighted by Crippen LogP contribution is -2.61. The lowest BCUT2D eigenvalue weighted by atomic mass is 9.35. The molecule has 2 atom stereocenters. The molecule has 64 heavy (non-hydrogen) atoms. The number of benzene rings is 5. The Morgan fingerprint density at radius 2 is 1.05 bits per heavy atom. The Kier molecular flexibility index (Phi) is 7.90. The van der Waals surface area contributed by atoms with Crippen LogP contribution in [-0.2, 0) is 37.9 Å². The highest BCUT2D eigenvalue weighted by Gasteiger charge is 2.55. The fourth-order valence-electron chi connectivity index (χ4n) is 14.1. The maximum atomic E-state index is 7.61. The Bertz CT molecular complexity index is 3020. The number of rotatable bonds is 2. The van der Waals surface area contributed by atoms with Gasteiger partial charge in [0, 0.05) is 33.8 Å². The molecular weight excluding hydrogens is 775 g/mol. The summed E-state index contributed by atoms with van der Waals surface area (Å²) in [6.45, 7) is 34.0. The van der Waals surface area contributed by atoms with E-state index in [4.69, 9.17) is 4.42 Å². The maximum absolute atomic E-state index is 7.61. The molecule has 0 N–H and O–H groups in total.